The molecule has 0 saturated carbocycles. The molecule has 1 unspecified atom stereocenters. The highest BCUT2D eigenvalue weighted by atomic mass is 79.9. The molecule has 72 valence electrons. The van der Waals surface area contributed by atoms with Crippen molar-refractivity contribution in [3.05, 3.63) is 28.2 Å². The number of hydrogen-bond acceptors (Lipinski definition) is 1. The molecule has 0 N–H and O–H groups in total. The summed E-state index contributed by atoms with van der Waals surface area (Å²) in [6, 6.07) is 5.76. The molecule has 0 heterocycles. The summed E-state index contributed by atoms with van der Waals surface area (Å²) in [4.78, 5) is 0.869. The van der Waals surface area contributed by atoms with Crippen molar-refractivity contribution in [1.82, 2.24) is 4.31 Å². The van der Waals surface area contributed by atoms with Crippen LogP contribution in [-0.2, 0) is 11.0 Å². The number of rotatable bonds is 2. The van der Waals surface area contributed by atoms with Gasteiger partial charge in [0.15, 0.2) is 0 Å². The highest BCUT2D eigenvalue weighted by molar-refractivity contribution is 9.10. The fraction of sp³-hybridized carbons (Fsp3) is 0.333. The van der Waals surface area contributed by atoms with E-state index in [9.17, 15) is 4.21 Å². The number of nitrogens with zero attached hydrogens (tertiary/aromatic N) is 1. The van der Waals surface area contributed by atoms with Crippen molar-refractivity contribution in [3.63, 3.8) is 0 Å². The van der Waals surface area contributed by atoms with Gasteiger partial charge in [0.05, 0.1) is 4.90 Å². The first-order valence-corrected chi connectivity index (χ1v) is 5.77. The Hall–Kier alpha value is -0.190. The Balaban J connectivity index is 3.09. The van der Waals surface area contributed by atoms with Crippen LogP contribution in [0.1, 0.15) is 5.56 Å². The molecule has 0 aliphatic carbocycles. The lowest BCUT2D eigenvalue weighted by atomic mass is 10.2. The molecule has 0 fully saturated rings. The smallest absolute Gasteiger partial charge is 0.127 e. The third kappa shape index (κ3) is 2.62. The molecule has 0 aromatic heterocycles. The van der Waals surface area contributed by atoms with E-state index in [0.29, 0.717) is 0 Å². The molecule has 1 aromatic carbocycles. The predicted molar refractivity (Wildman–Crippen MR) is 59.0 cm³/mol. The van der Waals surface area contributed by atoms with E-state index in [1.165, 1.54) is 0 Å². The van der Waals surface area contributed by atoms with Gasteiger partial charge in [-0.2, -0.15) is 0 Å². The Morgan fingerprint density at radius 2 is 2.00 bits per heavy atom. The highest BCUT2D eigenvalue weighted by Crippen LogP contribution is 2.19. The van der Waals surface area contributed by atoms with Gasteiger partial charge < -0.3 is 0 Å². The second kappa shape index (κ2) is 4.35. The minimum absolute atomic E-state index is 0.869. The molecule has 13 heavy (non-hydrogen) atoms. The van der Waals surface area contributed by atoms with Crippen molar-refractivity contribution in [1.29, 1.82) is 0 Å². The van der Waals surface area contributed by atoms with Gasteiger partial charge in [0, 0.05) is 4.47 Å². The molecule has 1 aromatic rings. The number of benzene rings is 1. The van der Waals surface area contributed by atoms with Gasteiger partial charge in [-0.15, -0.1) is 0 Å². The molecular weight excluding hydrogens is 250 g/mol. The summed E-state index contributed by atoms with van der Waals surface area (Å²) in [7, 11) is 2.56. The Kier molecular flexibility index (Phi) is 3.64. The lowest BCUT2D eigenvalue weighted by Gasteiger charge is -2.11. The number of halogens is 1. The SMILES string of the molecule is Cc1cc(Br)ccc1S(=O)N(C)C. The Labute approximate surface area is 89.7 Å². The molecule has 0 saturated heterocycles. The molecule has 0 bridgehead atoms. The van der Waals surface area contributed by atoms with Crippen LogP contribution in [0.2, 0.25) is 0 Å². The van der Waals surface area contributed by atoms with Crippen molar-refractivity contribution < 1.29 is 4.21 Å². The summed E-state index contributed by atoms with van der Waals surface area (Å²) in [5.74, 6) is 0. The van der Waals surface area contributed by atoms with E-state index in [1.54, 1.807) is 18.4 Å². The van der Waals surface area contributed by atoms with Crippen LogP contribution >= 0.6 is 15.9 Å². The van der Waals surface area contributed by atoms with E-state index in [-0.39, 0.29) is 0 Å². The first-order chi connectivity index (χ1) is 6.02. The van der Waals surface area contributed by atoms with Crippen LogP contribution < -0.4 is 0 Å². The minimum Gasteiger partial charge on any atom is -0.237 e. The van der Waals surface area contributed by atoms with Crippen LogP contribution in [-0.4, -0.2) is 22.6 Å². The van der Waals surface area contributed by atoms with Crippen molar-refractivity contribution in [2.75, 3.05) is 14.1 Å². The summed E-state index contributed by atoms with van der Waals surface area (Å²) in [6.45, 7) is 1.96. The van der Waals surface area contributed by atoms with E-state index >= 15 is 0 Å². The van der Waals surface area contributed by atoms with Gasteiger partial charge in [0.2, 0.25) is 0 Å². The molecule has 0 spiro atoms. The monoisotopic (exact) mass is 261 g/mol. The summed E-state index contributed by atoms with van der Waals surface area (Å²) in [6.07, 6.45) is 0. The first kappa shape index (κ1) is 10.9. The number of aryl methyl sites for hydroxylation is 1. The van der Waals surface area contributed by atoms with Crippen LogP contribution in [0.5, 0.6) is 0 Å². The fourth-order valence-electron chi connectivity index (χ4n) is 1.01. The third-order valence-electron chi connectivity index (χ3n) is 1.66. The lowest BCUT2D eigenvalue weighted by Crippen LogP contribution is -2.16. The molecule has 2 nitrogen and oxygen atoms in total. The van der Waals surface area contributed by atoms with Crippen molar-refractivity contribution in [3.8, 4) is 0 Å². The van der Waals surface area contributed by atoms with Gasteiger partial charge in [-0.25, -0.2) is 8.51 Å². The van der Waals surface area contributed by atoms with Crippen molar-refractivity contribution in [2.24, 2.45) is 0 Å². The second-order valence-electron chi connectivity index (χ2n) is 2.97. The molecule has 0 radical (unpaired) electrons. The largest absolute Gasteiger partial charge is 0.237 e. The first-order valence-electron chi connectivity index (χ1n) is 3.87. The molecule has 1 rings (SSSR count). The summed E-state index contributed by atoms with van der Waals surface area (Å²) >= 11 is 3.37. The van der Waals surface area contributed by atoms with E-state index < -0.39 is 11.0 Å². The normalized spacial score (nSPS) is 13.3. The van der Waals surface area contributed by atoms with E-state index in [1.807, 2.05) is 25.1 Å². The average Bonchev–Trinajstić information content (AvgIpc) is 2.03. The standard InChI is InChI=1S/C9H12BrNOS/c1-7-6-8(10)4-5-9(7)13(12)11(2)3/h4-6H,1-3H3. The van der Waals surface area contributed by atoms with E-state index in [0.717, 1.165) is 14.9 Å². The Bertz CT molecular complexity index is 338. The fourth-order valence-corrected chi connectivity index (χ4v) is 2.39. The van der Waals surface area contributed by atoms with Crippen LogP contribution in [0.15, 0.2) is 27.6 Å². The van der Waals surface area contributed by atoms with E-state index in [4.69, 9.17) is 0 Å². The van der Waals surface area contributed by atoms with Crippen molar-refractivity contribution >= 4 is 26.9 Å². The molecule has 0 aliphatic heterocycles. The quantitative estimate of drug-likeness (QED) is 0.801. The van der Waals surface area contributed by atoms with Gasteiger partial charge in [-0.1, -0.05) is 15.9 Å². The zero-order chi connectivity index (χ0) is 10.0. The van der Waals surface area contributed by atoms with E-state index in [2.05, 4.69) is 15.9 Å². The van der Waals surface area contributed by atoms with Gasteiger partial charge in [-0.3, -0.25) is 0 Å². The van der Waals surface area contributed by atoms with Gasteiger partial charge in [0.25, 0.3) is 0 Å². The van der Waals surface area contributed by atoms with Gasteiger partial charge in [-0.05, 0) is 44.8 Å². The summed E-state index contributed by atoms with van der Waals surface area (Å²) in [5.41, 5.74) is 1.04. The van der Waals surface area contributed by atoms with Crippen LogP contribution in [0.4, 0.5) is 0 Å². The molecule has 0 aliphatic rings. The maximum Gasteiger partial charge on any atom is 0.127 e. The van der Waals surface area contributed by atoms with Crippen LogP contribution in [0, 0.1) is 6.92 Å². The average molecular weight is 262 g/mol. The highest BCUT2D eigenvalue weighted by Gasteiger charge is 2.08. The molecular formula is C9H12BrNOS. The molecule has 0 amide bonds. The van der Waals surface area contributed by atoms with Crippen molar-refractivity contribution in [2.45, 2.75) is 11.8 Å². The molecule has 4 heteroatoms. The topological polar surface area (TPSA) is 20.3 Å². The zero-order valence-corrected chi connectivity index (χ0v) is 10.3. The summed E-state index contributed by atoms with van der Waals surface area (Å²) in [5, 5.41) is 0. The third-order valence-corrected chi connectivity index (χ3v) is 3.65. The predicted octanol–water partition coefficient (Wildman–Crippen LogP) is 2.34. The number of hydrogen-bond donors (Lipinski definition) is 0. The minimum atomic E-state index is -1.04. The maximum absolute atomic E-state index is 11.7. The Morgan fingerprint density at radius 3 is 2.46 bits per heavy atom. The summed E-state index contributed by atoms with van der Waals surface area (Å²) < 4.78 is 14.4. The maximum atomic E-state index is 11.7. The zero-order valence-electron chi connectivity index (χ0n) is 7.87. The Morgan fingerprint density at radius 1 is 1.38 bits per heavy atom. The molecule has 1 atom stereocenters. The van der Waals surface area contributed by atoms with Gasteiger partial charge in [0.1, 0.15) is 11.0 Å². The van der Waals surface area contributed by atoms with Gasteiger partial charge >= 0.3 is 0 Å². The second-order valence-corrected chi connectivity index (χ2v) is 5.56. The lowest BCUT2D eigenvalue weighted by molar-refractivity contribution is 0.602. The van der Waals surface area contributed by atoms with Crippen LogP contribution in [0.3, 0.4) is 0 Å². The van der Waals surface area contributed by atoms with Crippen LogP contribution in [0.25, 0.3) is 0 Å².